The predicted molar refractivity (Wildman–Crippen MR) is 82.6 cm³/mol. The van der Waals surface area contributed by atoms with Crippen molar-refractivity contribution < 1.29 is 4.79 Å². The molecular weight excluding hydrogens is 260 g/mol. The third kappa shape index (κ3) is 3.93. The van der Waals surface area contributed by atoms with Gasteiger partial charge in [0.25, 0.3) is 0 Å². The number of hydrogen-bond acceptors (Lipinski definition) is 2. The summed E-state index contributed by atoms with van der Waals surface area (Å²) in [5.74, 6) is -0.140. The molecule has 0 aliphatic heterocycles. The molecule has 1 unspecified atom stereocenters. The van der Waals surface area contributed by atoms with Crippen LogP contribution < -0.4 is 5.32 Å². The Morgan fingerprint density at radius 2 is 1.90 bits per heavy atom. The number of carbonyl (C=O) groups is 1. The molecule has 0 aromatic heterocycles. The molecule has 0 bridgehead atoms. The van der Waals surface area contributed by atoms with Crippen LogP contribution in [0.4, 0.5) is 0 Å². The fourth-order valence-corrected chi connectivity index (χ4v) is 2.21. The lowest BCUT2D eigenvalue weighted by molar-refractivity contribution is -0.120. The first-order chi connectivity index (χ1) is 10.1. The molecule has 3 heteroatoms. The summed E-state index contributed by atoms with van der Waals surface area (Å²) in [5.41, 5.74) is 4.01. The maximum Gasteiger partial charge on any atom is 0.225 e. The number of rotatable bonds is 4. The SMILES string of the molecule is Cc1ccc(C)c(CC(=O)NC(C#N)c2ccccc2)c1. The van der Waals surface area contributed by atoms with E-state index in [-0.39, 0.29) is 5.91 Å². The lowest BCUT2D eigenvalue weighted by atomic mass is 10.0. The van der Waals surface area contributed by atoms with Gasteiger partial charge in [0.1, 0.15) is 6.04 Å². The highest BCUT2D eigenvalue weighted by molar-refractivity contribution is 5.79. The molecule has 0 saturated heterocycles. The van der Waals surface area contributed by atoms with Gasteiger partial charge in [-0.15, -0.1) is 0 Å². The van der Waals surface area contributed by atoms with Crippen LogP contribution in [-0.4, -0.2) is 5.91 Å². The van der Waals surface area contributed by atoms with Gasteiger partial charge in [0.2, 0.25) is 5.91 Å². The first-order valence-corrected chi connectivity index (χ1v) is 6.90. The predicted octanol–water partition coefficient (Wildman–Crippen LogP) is 3.23. The molecule has 2 aromatic carbocycles. The van der Waals surface area contributed by atoms with Crippen molar-refractivity contribution in [1.82, 2.24) is 5.32 Å². The largest absolute Gasteiger partial charge is 0.336 e. The van der Waals surface area contributed by atoms with Gasteiger partial charge in [0.05, 0.1) is 12.5 Å². The minimum Gasteiger partial charge on any atom is -0.336 e. The van der Waals surface area contributed by atoms with Gasteiger partial charge >= 0.3 is 0 Å². The number of amides is 1. The molecule has 0 saturated carbocycles. The molecule has 0 heterocycles. The molecular formula is C18H18N2O. The van der Waals surface area contributed by atoms with Crippen molar-refractivity contribution in [3.05, 3.63) is 70.8 Å². The van der Waals surface area contributed by atoms with Crippen LogP contribution in [0.25, 0.3) is 0 Å². The summed E-state index contributed by atoms with van der Waals surface area (Å²) in [6, 6.07) is 16.9. The van der Waals surface area contributed by atoms with E-state index in [2.05, 4.69) is 11.4 Å². The third-order valence-electron chi connectivity index (χ3n) is 3.42. The van der Waals surface area contributed by atoms with Gasteiger partial charge in [-0.3, -0.25) is 4.79 Å². The van der Waals surface area contributed by atoms with E-state index in [4.69, 9.17) is 0 Å². The summed E-state index contributed by atoms with van der Waals surface area (Å²) >= 11 is 0. The summed E-state index contributed by atoms with van der Waals surface area (Å²) < 4.78 is 0. The second-order valence-corrected chi connectivity index (χ2v) is 5.15. The van der Waals surface area contributed by atoms with Crippen molar-refractivity contribution in [3.63, 3.8) is 0 Å². The van der Waals surface area contributed by atoms with Crippen LogP contribution in [0.5, 0.6) is 0 Å². The first kappa shape index (κ1) is 14.8. The Hall–Kier alpha value is -2.60. The Balaban J connectivity index is 2.07. The molecule has 3 nitrogen and oxygen atoms in total. The molecule has 0 aliphatic carbocycles. The van der Waals surface area contributed by atoms with Crippen LogP contribution in [0.1, 0.15) is 28.3 Å². The number of aryl methyl sites for hydroxylation is 2. The number of benzene rings is 2. The molecule has 1 atom stereocenters. The Morgan fingerprint density at radius 1 is 1.19 bits per heavy atom. The Bertz CT molecular complexity index is 671. The Labute approximate surface area is 125 Å². The molecule has 2 rings (SSSR count). The van der Waals surface area contributed by atoms with E-state index in [1.54, 1.807) is 0 Å². The summed E-state index contributed by atoms with van der Waals surface area (Å²) in [6.07, 6.45) is 0.290. The zero-order valence-corrected chi connectivity index (χ0v) is 12.3. The molecule has 21 heavy (non-hydrogen) atoms. The number of nitrogens with zero attached hydrogens (tertiary/aromatic N) is 1. The van der Waals surface area contributed by atoms with Gasteiger partial charge in [0.15, 0.2) is 0 Å². The van der Waals surface area contributed by atoms with Crippen molar-refractivity contribution in [1.29, 1.82) is 5.26 Å². The third-order valence-corrected chi connectivity index (χ3v) is 3.42. The van der Waals surface area contributed by atoms with E-state index in [9.17, 15) is 10.1 Å². The molecule has 0 radical (unpaired) electrons. The van der Waals surface area contributed by atoms with Crippen LogP contribution >= 0.6 is 0 Å². The minimum absolute atomic E-state index is 0.140. The van der Waals surface area contributed by atoms with E-state index in [0.717, 1.165) is 22.3 Å². The molecule has 1 amide bonds. The lowest BCUT2D eigenvalue weighted by Crippen LogP contribution is -2.29. The summed E-state index contributed by atoms with van der Waals surface area (Å²) in [7, 11) is 0. The zero-order valence-electron chi connectivity index (χ0n) is 12.3. The van der Waals surface area contributed by atoms with E-state index in [0.29, 0.717) is 6.42 Å². The molecule has 0 aliphatic rings. The normalized spacial score (nSPS) is 11.5. The van der Waals surface area contributed by atoms with E-state index < -0.39 is 6.04 Å². The lowest BCUT2D eigenvalue weighted by Gasteiger charge is -2.13. The molecule has 106 valence electrons. The van der Waals surface area contributed by atoms with Crippen molar-refractivity contribution in [3.8, 4) is 6.07 Å². The monoisotopic (exact) mass is 278 g/mol. The van der Waals surface area contributed by atoms with E-state index in [1.807, 2.05) is 62.4 Å². The van der Waals surface area contributed by atoms with E-state index >= 15 is 0 Å². The van der Waals surface area contributed by atoms with Gasteiger partial charge in [-0.05, 0) is 30.5 Å². The van der Waals surface area contributed by atoms with Gasteiger partial charge in [-0.25, -0.2) is 0 Å². The van der Waals surface area contributed by atoms with Gasteiger partial charge in [-0.1, -0.05) is 54.1 Å². The van der Waals surface area contributed by atoms with Crippen LogP contribution in [0.3, 0.4) is 0 Å². The maximum atomic E-state index is 12.2. The zero-order chi connectivity index (χ0) is 15.2. The van der Waals surface area contributed by atoms with Crippen LogP contribution in [-0.2, 0) is 11.2 Å². The van der Waals surface area contributed by atoms with Gasteiger partial charge in [0, 0.05) is 0 Å². The average molecular weight is 278 g/mol. The molecule has 1 N–H and O–H groups in total. The Kier molecular flexibility index (Phi) is 4.73. The second kappa shape index (κ2) is 6.71. The van der Waals surface area contributed by atoms with Crippen LogP contribution in [0.15, 0.2) is 48.5 Å². The average Bonchev–Trinajstić information content (AvgIpc) is 2.49. The summed E-state index contributed by atoms with van der Waals surface area (Å²) in [5, 5.41) is 12.0. The maximum absolute atomic E-state index is 12.2. The molecule has 0 fully saturated rings. The highest BCUT2D eigenvalue weighted by atomic mass is 16.1. The van der Waals surface area contributed by atoms with Crippen molar-refractivity contribution in [2.75, 3.05) is 0 Å². The van der Waals surface area contributed by atoms with Crippen molar-refractivity contribution >= 4 is 5.91 Å². The van der Waals surface area contributed by atoms with Crippen molar-refractivity contribution in [2.45, 2.75) is 26.3 Å². The van der Waals surface area contributed by atoms with Gasteiger partial charge in [-0.2, -0.15) is 5.26 Å². The van der Waals surface area contributed by atoms with Crippen molar-refractivity contribution in [2.24, 2.45) is 0 Å². The molecule has 0 spiro atoms. The summed E-state index contributed by atoms with van der Waals surface area (Å²) in [6.45, 7) is 3.99. The highest BCUT2D eigenvalue weighted by Crippen LogP contribution is 2.14. The first-order valence-electron chi connectivity index (χ1n) is 6.90. The topological polar surface area (TPSA) is 52.9 Å². The highest BCUT2D eigenvalue weighted by Gasteiger charge is 2.14. The van der Waals surface area contributed by atoms with E-state index in [1.165, 1.54) is 0 Å². The quantitative estimate of drug-likeness (QED) is 0.933. The van der Waals surface area contributed by atoms with Crippen LogP contribution in [0, 0.1) is 25.2 Å². The number of nitriles is 1. The fourth-order valence-electron chi connectivity index (χ4n) is 2.21. The minimum atomic E-state index is -0.608. The standard InChI is InChI=1S/C18H18N2O/c1-13-8-9-14(2)16(10-13)11-18(21)20-17(12-19)15-6-4-3-5-7-15/h3-10,17H,11H2,1-2H3,(H,20,21). The summed E-state index contributed by atoms with van der Waals surface area (Å²) in [4.78, 5) is 12.2. The molecule has 2 aromatic rings. The van der Waals surface area contributed by atoms with Gasteiger partial charge < -0.3 is 5.32 Å². The smallest absolute Gasteiger partial charge is 0.225 e. The fraction of sp³-hybridized carbons (Fsp3) is 0.222. The number of nitrogens with one attached hydrogen (secondary N) is 1. The number of hydrogen-bond donors (Lipinski definition) is 1. The second-order valence-electron chi connectivity index (χ2n) is 5.15. The van der Waals surface area contributed by atoms with Crippen LogP contribution in [0.2, 0.25) is 0 Å². The Morgan fingerprint density at radius 3 is 2.57 bits per heavy atom. The number of carbonyl (C=O) groups excluding carboxylic acids is 1.